The number of likely N-dealkylation sites (N-methyl/N-ethyl adjacent to an activating group) is 1. The van der Waals surface area contributed by atoms with Crippen LogP contribution in [0.5, 0.6) is 5.75 Å². The lowest BCUT2D eigenvalue weighted by Crippen LogP contribution is -2.27. The number of fused-ring (bicyclic) bond motifs is 1. The van der Waals surface area contributed by atoms with Crippen LogP contribution in [-0.2, 0) is 0 Å². The number of benzene rings is 2. The van der Waals surface area contributed by atoms with Crippen LogP contribution in [0.15, 0.2) is 48.5 Å². The van der Waals surface area contributed by atoms with Crippen molar-refractivity contribution in [2.24, 2.45) is 0 Å². The fourth-order valence-corrected chi connectivity index (χ4v) is 3.52. The first-order valence-electron chi connectivity index (χ1n) is 7.58. The van der Waals surface area contributed by atoms with Crippen molar-refractivity contribution in [2.45, 2.75) is 6.04 Å². The van der Waals surface area contributed by atoms with Crippen molar-refractivity contribution in [3.8, 4) is 5.75 Å². The van der Waals surface area contributed by atoms with Crippen LogP contribution in [0, 0.1) is 0 Å². The highest BCUT2D eigenvalue weighted by molar-refractivity contribution is 7.22. The first kappa shape index (κ1) is 15.8. The molecule has 0 saturated carbocycles. The van der Waals surface area contributed by atoms with Crippen LogP contribution in [0.1, 0.15) is 11.6 Å². The van der Waals surface area contributed by atoms with Crippen molar-refractivity contribution >= 4 is 26.7 Å². The molecule has 0 spiro atoms. The Labute approximate surface area is 140 Å². The largest absolute Gasteiger partial charge is 0.496 e. The lowest BCUT2D eigenvalue weighted by Gasteiger charge is -2.26. The second kappa shape index (κ2) is 6.98. The Balaban J connectivity index is 1.80. The Morgan fingerprint density at radius 1 is 1.13 bits per heavy atom. The van der Waals surface area contributed by atoms with Gasteiger partial charge in [0.25, 0.3) is 0 Å². The third-order valence-electron chi connectivity index (χ3n) is 3.86. The molecule has 0 amide bonds. The summed E-state index contributed by atoms with van der Waals surface area (Å²) in [7, 11) is 5.88. The summed E-state index contributed by atoms with van der Waals surface area (Å²) in [5, 5.41) is 4.43. The van der Waals surface area contributed by atoms with E-state index in [-0.39, 0.29) is 6.04 Å². The molecular weight excluding hydrogens is 306 g/mol. The van der Waals surface area contributed by atoms with Gasteiger partial charge in [0.15, 0.2) is 5.13 Å². The summed E-state index contributed by atoms with van der Waals surface area (Å²) in [6.07, 6.45) is 0. The Bertz CT molecular complexity index is 752. The van der Waals surface area contributed by atoms with Gasteiger partial charge in [0.05, 0.1) is 23.4 Å². The molecule has 23 heavy (non-hydrogen) atoms. The monoisotopic (exact) mass is 327 g/mol. The second-order valence-corrected chi connectivity index (χ2v) is 6.62. The topological polar surface area (TPSA) is 37.4 Å². The van der Waals surface area contributed by atoms with E-state index in [2.05, 4.69) is 41.4 Å². The first-order chi connectivity index (χ1) is 11.2. The number of para-hydroxylation sites is 2. The van der Waals surface area contributed by atoms with Gasteiger partial charge in [-0.1, -0.05) is 41.7 Å². The van der Waals surface area contributed by atoms with Gasteiger partial charge in [-0.05, 0) is 32.3 Å². The molecular formula is C18H21N3OS. The summed E-state index contributed by atoms with van der Waals surface area (Å²) in [6, 6.07) is 16.6. The number of nitrogens with zero attached hydrogens (tertiary/aromatic N) is 2. The molecule has 4 nitrogen and oxygen atoms in total. The summed E-state index contributed by atoms with van der Waals surface area (Å²) < 4.78 is 6.71. The van der Waals surface area contributed by atoms with Crippen LogP contribution in [0.25, 0.3) is 10.2 Å². The van der Waals surface area contributed by atoms with Gasteiger partial charge in [0.2, 0.25) is 0 Å². The van der Waals surface area contributed by atoms with Gasteiger partial charge in [-0.3, -0.25) is 0 Å². The summed E-state index contributed by atoms with van der Waals surface area (Å²) in [5.74, 6) is 0.914. The molecule has 0 aliphatic heterocycles. The smallest absolute Gasteiger partial charge is 0.183 e. The zero-order valence-electron chi connectivity index (χ0n) is 13.6. The molecule has 0 saturated heterocycles. The zero-order chi connectivity index (χ0) is 16.2. The highest BCUT2D eigenvalue weighted by atomic mass is 32.1. The maximum Gasteiger partial charge on any atom is 0.183 e. The molecule has 1 N–H and O–H groups in total. The quantitative estimate of drug-likeness (QED) is 0.742. The van der Waals surface area contributed by atoms with Gasteiger partial charge >= 0.3 is 0 Å². The number of methoxy groups -OCH3 is 1. The normalized spacial score (nSPS) is 12.5. The Morgan fingerprint density at radius 3 is 2.61 bits per heavy atom. The van der Waals surface area contributed by atoms with Crippen molar-refractivity contribution in [1.82, 2.24) is 9.88 Å². The van der Waals surface area contributed by atoms with Gasteiger partial charge in [-0.15, -0.1) is 0 Å². The third-order valence-corrected chi connectivity index (χ3v) is 4.86. The number of thiazole rings is 1. The molecule has 0 radical (unpaired) electrons. The molecule has 1 atom stereocenters. The number of rotatable bonds is 6. The molecule has 5 heteroatoms. The number of hydrogen-bond donors (Lipinski definition) is 1. The van der Waals surface area contributed by atoms with E-state index in [1.54, 1.807) is 18.4 Å². The van der Waals surface area contributed by atoms with Gasteiger partial charge in [0, 0.05) is 12.1 Å². The van der Waals surface area contributed by atoms with Crippen LogP contribution in [-0.4, -0.2) is 37.6 Å². The highest BCUT2D eigenvalue weighted by Gasteiger charge is 2.18. The number of anilines is 1. The minimum atomic E-state index is 0.207. The maximum absolute atomic E-state index is 5.51. The van der Waals surface area contributed by atoms with E-state index < -0.39 is 0 Å². The van der Waals surface area contributed by atoms with Crippen molar-refractivity contribution in [3.63, 3.8) is 0 Å². The first-order valence-corrected chi connectivity index (χ1v) is 8.39. The summed E-state index contributed by atoms with van der Waals surface area (Å²) in [6.45, 7) is 0.771. The number of ether oxygens (including phenoxy) is 1. The highest BCUT2D eigenvalue weighted by Crippen LogP contribution is 2.30. The van der Waals surface area contributed by atoms with Crippen LogP contribution in [0.4, 0.5) is 5.13 Å². The number of aromatic nitrogens is 1. The van der Waals surface area contributed by atoms with Crippen LogP contribution >= 0.6 is 11.3 Å². The van der Waals surface area contributed by atoms with Crippen molar-refractivity contribution < 1.29 is 4.74 Å². The van der Waals surface area contributed by atoms with Gasteiger partial charge < -0.3 is 15.0 Å². The van der Waals surface area contributed by atoms with Crippen molar-refractivity contribution in [1.29, 1.82) is 0 Å². The summed E-state index contributed by atoms with van der Waals surface area (Å²) >= 11 is 1.68. The molecule has 1 aromatic heterocycles. The van der Waals surface area contributed by atoms with E-state index in [9.17, 15) is 0 Å². The summed E-state index contributed by atoms with van der Waals surface area (Å²) in [5.41, 5.74) is 2.22. The molecule has 1 unspecified atom stereocenters. The predicted molar refractivity (Wildman–Crippen MR) is 97.5 cm³/mol. The van der Waals surface area contributed by atoms with E-state index in [0.29, 0.717) is 0 Å². The minimum Gasteiger partial charge on any atom is -0.496 e. The molecule has 0 fully saturated rings. The van der Waals surface area contributed by atoms with Crippen LogP contribution in [0.3, 0.4) is 0 Å². The van der Waals surface area contributed by atoms with E-state index in [4.69, 9.17) is 4.74 Å². The van der Waals surface area contributed by atoms with E-state index in [1.165, 1.54) is 10.3 Å². The Hall–Kier alpha value is -2.11. The van der Waals surface area contributed by atoms with E-state index >= 15 is 0 Å². The Morgan fingerprint density at radius 2 is 1.87 bits per heavy atom. The van der Waals surface area contributed by atoms with Crippen LogP contribution in [0.2, 0.25) is 0 Å². The number of nitrogens with one attached hydrogen (secondary N) is 1. The van der Waals surface area contributed by atoms with Crippen LogP contribution < -0.4 is 10.1 Å². The predicted octanol–water partition coefficient (Wildman–Crippen LogP) is 4.02. The SMILES string of the molecule is COc1ccccc1C(CNc1nc2ccccc2s1)N(C)C. The zero-order valence-corrected chi connectivity index (χ0v) is 14.4. The fourth-order valence-electron chi connectivity index (χ4n) is 2.64. The van der Waals surface area contributed by atoms with Gasteiger partial charge in [-0.2, -0.15) is 0 Å². The van der Waals surface area contributed by atoms with Gasteiger partial charge in [0.1, 0.15) is 5.75 Å². The van der Waals surface area contributed by atoms with Crippen molar-refractivity contribution in [3.05, 3.63) is 54.1 Å². The molecule has 1 heterocycles. The number of hydrogen-bond acceptors (Lipinski definition) is 5. The molecule has 0 bridgehead atoms. The lowest BCUT2D eigenvalue weighted by atomic mass is 10.0. The lowest BCUT2D eigenvalue weighted by molar-refractivity contribution is 0.300. The molecule has 3 aromatic rings. The fraction of sp³-hybridized carbons (Fsp3) is 0.278. The van der Waals surface area contributed by atoms with E-state index in [1.807, 2.05) is 36.4 Å². The van der Waals surface area contributed by atoms with Crippen molar-refractivity contribution in [2.75, 3.05) is 33.1 Å². The average Bonchev–Trinajstić information content (AvgIpc) is 2.98. The molecule has 120 valence electrons. The Kier molecular flexibility index (Phi) is 4.79. The molecule has 0 aliphatic rings. The molecule has 0 aliphatic carbocycles. The van der Waals surface area contributed by atoms with E-state index in [0.717, 1.165) is 22.9 Å². The van der Waals surface area contributed by atoms with Gasteiger partial charge in [-0.25, -0.2) is 4.98 Å². The second-order valence-electron chi connectivity index (χ2n) is 5.59. The third kappa shape index (κ3) is 3.46. The standard InChI is InChI=1S/C18H21N3OS/c1-21(2)15(13-8-4-6-10-16(13)22-3)12-19-18-20-14-9-5-7-11-17(14)23-18/h4-11,15H,12H2,1-3H3,(H,19,20). The maximum atomic E-state index is 5.51. The summed E-state index contributed by atoms with van der Waals surface area (Å²) in [4.78, 5) is 6.83. The molecule has 3 rings (SSSR count). The molecule has 2 aromatic carbocycles. The average molecular weight is 327 g/mol. The minimum absolute atomic E-state index is 0.207.